The Morgan fingerprint density at radius 2 is 1.82 bits per heavy atom. The highest BCUT2D eigenvalue weighted by Crippen LogP contribution is 2.34. The van der Waals surface area contributed by atoms with Gasteiger partial charge in [-0.3, -0.25) is 10.1 Å². The van der Waals surface area contributed by atoms with Crippen LogP contribution in [-0.4, -0.2) is 36.7 Å². The van der Waals surface area contributed by atoms with E-state index in [-0.39, 0.29) is 11.1 Å². The van der Waals surface area contributed by atoms with Gasteiger partial charge in [-0.05, 0) is 55.7 Å². The van der Waals surface area contributed by atoms with E-state index in [1.165, 1.54) is 0 Å². The van der Waals surface area contributed by atoms with Crippen LogP contribution in [0.2, 0.25) is 5.15 Å². The summed E-state index contributed by atoms with van der Waals surface area (Å²) in [4.78, 5) is 22.5. The van der Waals surface area contributed by atoms with Crippen molar-refractivity contribution in [2.24, 2.45) is 0 Å². The van der Waals surface area contributed by atoms with Gasteiger partial charge in [0.05, 0.1) is 34.4 Å². The number of imidazole rings is 1. The number of para-hydroxylation sites is 2. The van der Waals surface area contributed by atoms with Crippen molar-refractivity contribution < 1.29 is 9.53 Å². The fraction of sp³-hybridized carbons (Fsp3) is 0.200. The molecule has 0 unspecified atom stereocenters. The molecule has 5 aromatic rings. The number of benzene rings is 1. The molecule has 0 saturated carbocycles. The number of pyridine rings is 2. The number of rotatable bonds is 0. The second kappa shape index (κ2) is 8.46. The molecule has 1 aliphatic heterocycles. The van der Waals surface area contributed by atoms with E-state index in [9.17, 15) is 4.79 Å². The van der Waals surface area contributed by atoms with Crippen molar-refractivity contribution in [2.75, 3.05) is 11.9 Å². The van der Waals surface area contributed by atoms with Crippen molar-refractivity contribution >= 4 is 40.0 Å². The number of nitrogens with one attached hydrogen (secondary N) is 1. The van der Waals surface area contributed by atoms with Crippen LogP contribution in [0.3, 0.4) is 0 Å². The minimum absolute atomic E-state index is 0.210. The number of carbonyl (C=O) groups excluding carboxylic acids is 1. The summed E-state index contributed by atoms with van der Waals surface area (Å²) in [7, 11) is 0. The number of carbonyl (C=O) groups is 1. The van der Waals surface area contributed by atoms with Gasteiger partial charge in [0.2, 0.25) is 11.8 Å². The van der Waals surface area contributed by atoms with Gasteiger partial charge in [0.15, 0.2) is 0 Å². The van der Waals surface area contributed by atoms with Crippen LogP contribution >= 0.6 is 11.6 Å². The summed E-state index contributed by atoms with van der Waals surface area (Å²) in [6, 6.07) is 16.9. The van der Waals surface area contributed by atoms with E-state index in [1.54, 1.807) is 16.6 Å². The summed E-state index contributed by atoms with van der Waals surface area (Å²) in [5.41, 5.74) is 4.26. The van der Waals surface area contributed by atoms with Crippen LogP contribution in [0.4, 0.5) is 5.95 Å². The third-order valence-corrected chi connectivity index (χ3v) is 6.16. The topological polar surface area (TPSA) is 86.3 Å². The molecule has 5 heterocycles. The van der Waals surface area contributed by atoms with Crippen LogP contribution in [0.5, 0.6) is 5.88 Å². The summed E-state index contributed by atoms with van der Waals surface area (Å²) in [5, 5.41) is 7.79. The molecular weight excluding hydrogens is 452 g/mol. The van der Waals surface area contributed by atoms with Gasteiger partial charge in [-0.2, -0.15) is 0 Å². The van der Waals surface area contributed by atoms with Crippen molar-refractivity contribution in [3.05, 3.63) is 71.5 Å². The Morgan fingerprint density at radius 1 is 0.971 bits per heavy atom. The lowest BCUT2D eigenvalue weighted by Crippen LogP contribution is -2.16. The first-order chi connectivity index (χ1) is 16.7. The first kappa shape index (κ1) is 20.7. The van der Waals surface area contributed by atoms with Gasteiger partial charge in [0.25, 0.3) is 5.91 Å². The average molecular weight is 473 g/mol. The number of aryl methyl sites for hydroxylation is 1. The molecule has 0 saturated heterocycles. The van der Waals surface area contributed by atoms with Crippen molar-refractivity contribution in [2.45, 2.75) is 25.8 Å². The van der Waals surface area contributed by atoms with Gasteiger partial charge in [-0.15, -0.1) is 5.10 Å². The smallest absolute Gasteiger partial charge is 0.258 e. The summed E-state index contributed by atoms with van der Waals surface area (Å²) < 4.78 is 9.90. The highest BCUT2D eigenvalue weighted by Gasteiger charge is 2.21. The van der Waals surface area contributed by atoms with E-state index < -0.39 is 0 Å². The van der Waals surface area contributed by atoms with Crippen LogP contribution in [0.1, 0.15) is 29.6 Å². The minimum Gasteiger partial charge on any atom is -0.476 e. The third-order valence-electron chi connectivity index (χ3n) is 5.96. The molecule has 2 bridgehead atoms. The SMILES string of the molecule is O=C1Nc2nc3ccccc3n2CCCCCOc2nn3ccccc3c2-c2cc1cc(Cl)n2. The van der Waals surface area contributed by atoms with Crippen molar-refractivity contribution in [1.29, 1.82) is 0 Å². The number of aromatic nitrogens is 5. The average Bonchev–Trinajstić information content (AvgIpc) is 3.38. The number of nitrogens with zero attached hydrogens (tertiary/aromatic N) is 5. The summed E-state index contributed by atoms with van der Waals surface area (Å²) in [6.07, 6.45) is 4.61. The van der Waals surface area contributed by atoms with E-state index in [2.05, 4.69) is 25.0 Å². The van der Waals surface area contributed by atoms with Crippen molar-refractivity contribution in [1.82, 2.24) is 24.1 Å². The quantitative estimate of drug-likeness (QED) is 0.312. The maximum Gasteiger partial charge on any atom is 0.258 e. The molecule has 34 heavy (non-hydrogen) atoms. The Hall–Kier alpha value is -3.91. The lowest BCUT2D eigenvalue weighted by atomic mass is 10.1. The number of hydrogen-bond donors (Lipinski definition) is 1. The number of hydrogen-bond acceptors (Lipinski definition) is 5. The Balaban J connectivity index is 1.49. The molecule has 9 heteroatoms. The minimum atomic E-state index is -0.309. The number of fused-ring (bicyclic) bond motifs is 9. The highest BCUT2D eigenvalue weighted by atomic mass is 35.5. The zero-order valence-electron chi connectivity index (χ0n) is 18.2. The molecule has 1 aliphatic rings. The maximum atomic E-state index is 13.3. The summed E-state index contributed by atoms with van der Waals surface area (Å²) in [5.74, 6) is 0.681. The molecule has 0 atom stereocenters. The second-order valence-electron chi connectivity index (χ2n) is 8.21. The Bertz CT molecular complexity index is 1540. The van der Waals surface area contributed by atoms with Gasteiger partial charge in [0.1, 0.15) is 5.15 Å². The fourth-order valence-corrected chi connectivity index (χ4v) is 4.57. The molecule has 0 aliphatic carbocycles. The van der Waals surface area contributed by atoms with Crippen LogP contribution in [0, 0.1) is 0 Å². The van der Waals surface area contributed by atoms with Crippen molar-refractivity contribution in [3.63, 3.8) is 0 Å². The Morgan fingerprint density at radius 3 is 2.76 bits per heavy atom. The van der Waals surface area contributed by atoms with E-state index >= 15 is 0 Å². The van der Waals surface area contributed by atoms with Gasteiger partial charge in [-0.25, -0.2) is 14.5 Å². The Kier molecular flexibility index (Phi) is 5.15. The summed E-state index contributed by atoms with van der Waals surface area (Å²) in [6.45, 7) is 1.26. The largest absolute Gasteiger partial charge is 0.476 e. The van der Waals surface area contributed by atoms with Crippen molar-refractivity contribution in [3.8, 4) is 17.1 Å². The second-order valence-corrected chi connectivity index (χ2v) is 8.60. The zero-order chi connectivity index (χ0) is 23.1. The lowest BCUT2D eigenvalue weighted by molar-refractivity contribution is 0.102. The van der Waals surface area contributed by atoms with Crippen LogP contribution < -0.4 is 10.1 Å². The van der Waals surface area contributed by atoms with Gasteiger partial charge in [0, 0.05) is 18.3 Å². The van der Waals surface area contributed by atoms with Crippen LogP contribution in [0.15, 0.2) is 60.8 Å². The van der Waals surface area contributed by atoms with Gasteiger partial charge < -0.3 is 9.30 Å². The normalized spacial score (nSPS) is 14.6. The highest BCUT2D eigenvalue weighted by molar-refractivity contribution is 6.30. The number of anilines is 1. The third kappa shape index (κ3) is 3.66. The molecule has 8 nitrogen and oxygen atoms in total. The lowest BCUT2D eigenvalue weighted by Gasteiger charge is -2.10. The molecule has 4 aromatic heterocycles. The zero-order valence-corrected chi connectivity index (χ0v) is 19.0. The molecule has 0 radical (unpaired) electrons. The van der Waals surface area contributed by atoms with E-state index in [0.29, 0.717) is 35.3 Å². The number of amides is 1. The Labute approximate surface area is 200 Å². The molecular formula is C25H21ClN6O2. The molecule has 1 aromatic carbocycles. The van der Waals surface area contributed by atoms with Gasteiger partial charge in [-0.1, -0.05) is 29.8 Å². The number of halogens is 1. The van der Waals surface area contributed by atoms with E-state index in [1.807, 2.05) is 48.7 Å². The first-order valence-corrected chi connectivity index (χ1v) is 11.6. The standard InChI is InChI=1S/C25H21ClN6O2/c26-21-15-16-14-18(27-21)22-20-10-4-6-12-32(20)30-24(22)34-13-7-1-5-11-31-19-9-3-2-8-17(19)28-25(31)29-23(16)33/h2-4,6,8-10,12,14-15H,1,5,7,11,13H2,(H,28,29,33). The molecule has 1 N–H and O–H groups in total. The monoisotopic (exact) mass is 472 g/mol. The van der Waals surface area contributed by atoms with E-state index in [4.69, 9.17) is 16.3 Å². The van der Waals surface area contributed by atoms with Crippen LogP contribution in [0.25, 0.3) is 27.8 Å². The molecule has 6 rings (SSSR count). The fourth-order valence-electron chi connectivity index (χ4n) is 4.36. The molecule has 1 amide bonds. The maximum absolute atomic E-state index is 13.3. The number of ether oxygens (including phenoxy) is 1. The molecule has 170 valence electrons. The van der Waals surface area contributed by atoms with Gasteiger partial charge >= 0.3 is 0 Å². The van der Waals surface area contributed by atoms with Crippen LogP contribution in [-0.2, 0) is 6.54 Å². The predicted molar refractivity (Wildman–Crippen MR) is 130 cm³/mol. The molecule has 0 spiro atoms. The molecule has 0 fully saturated rings. The summed E-state index contributed by atoms with van der Waals surface area (Å²) >= 11 is 6.37. The predicted octanol–water partition coefficient (Wildman–Crippen LogP) is 5.21. The van der Waals surface area contributed by atoms with E-state index in [0.717, 1.165) is 42.4 Å². The first-order valence-electron chi connectivity index (χ1n) is 11.2.